The molecule has 2 rings (SSSR count). The van der Waals surface area contributed by atoms with Gasteiger partial charge in [-0.25, -0.2) is 4.79 Å². The molecule has 1 aliphatic heterocycles. The maximum atomic E-state index is 12.4. The van der Waals surface area contributed by atoms with Gasteiger partial charge in [0.15, 0.2) is 0 Å². The van der Waals surface area contributed by atoms with Gasteiger partial charge < -0.3 is 10.0 Å². The number of carboxylic acid groups (broad SMARTS) is 1. The van der Waals surface area contributed by atoms with Gasteiger partial charge in [0, 0.05) is 6.54 Å². The molecule has 1 aliphatic rings. The zero-order chi connectivity index (χ0) is 14.7. The van der Waals surface area contributed by atoms with Gasteiger partial charge >= 0.3 is 5.97 Å². The van der Waals surface area contributed by atoms with E-state index in [0.717, 1.165) is 29.5 Å². The molecule has 4 nitrogen and oxygen atoms in total. The van der Waals surface area contributed by atoms with Crippen molar-refractivity contribution in [3.63, 3.8) is 0 Å². The van der Waals surface area contributed by atoms with Crippen LogP contribution in [0.4, 0.5) is 0 Å². The van der Waals surface area contributed by atoms with Crippen LogP contribution in [0.2, 0.25) is 0 Å². The van der Waals surface area contributed by atoms with Crippen molar-refractivity contribution < 1.29 is 14.7 Å². The van der Waals surface area contributed by atoms with Gasteiger partial charge in [-0.05, 0) is 49.8 Å². The number of carboxylic acids is 1. The molecule has 1 aromatic rings. The first-order valence-electron chi connectivity index (χ1n) is 7.08. The summed E-state index contributed by atoms with van der Waals surface area (Å²) in [6, 6.07) is 5.29. The minimum Gasteiger partial charge on any atom is -0.480 e. The average molecular weight is 275 g/mol. The van der Waals surface area contributed by atoms with Gasteiger partial charge in [0.05, 0.1) is 6.42 Å². The van der Waals surface area contributed by atoms with E-state index in [1.54, 1.807) is 0 Å². The van der Waals surface area contributed by atoms with Crippen molar-refractivity contribution in [2.24, 2.45) is 0 Å². The predicted molar refractivity (Wildman–Crippen MR) is 76.6 cm³/mol. The fourth-order valence-corrected chi connectivity index (χ4v) is 2.87. The van der Waals surface area contributed by atoms with Crippen molar-refractivity contribution in [2.75, 3.05) is 6.54 Å². The van der Waals surface area contributed by atoms with Gasteiger partial charge in [0.25, 0.3) is 0 Å². The topological polar surface area (TPSA) is 57.6 Å². The van der Waals surface area contributed by atoms with Crippen LogP contribution in [0.15, 0.2) is 18.2 Å². The molecule has 1 unspecified atom stereocenters. The summed E-state index contributed by atoms with van der Waals surface area (Å²) in [5.41, 5.74) is 3.19. The summed E-state index contributed by atoms with van der Waals surface area (Å²) >= 11 is 0. The molecule has 4 heteroatoms. The van der Waals surface area contributed by atoms with Crippen LogP contribution in [0.5, 0.6) is 0 Å². The SMILES string of the molecule is Cc1cccc(C)c1CC(=O)N1CCCCC1C(=O)O. The highest BCUT2D eigenvalue weighted by atomic mass is 16.4. The number of nitrogens with zero attached hydrogens (tertiary/aromatic N) is 1. The van der Waals surface area contributed by atoms with E-state index in [2.05, 4.69) is 0 Å². The molecular formula is C16H21NO3. The number of aryl methyl sites for hydroxylation is 2. The molecule has 0 bridgehead atoms. The summed E-state index contributed by atoms with van der Waals surface area (Å²) < 4.78 is 0. The highest BCUT2D eigenvalue weighted by Gasteiger charge is 2.31. The van der Waals surface area contributed by atoms with E-state index >= 15 is 0 Å². The number of hydrogen-bond donors (Lipinski definition) is 1. The van der Waals surface area contributed by atoms with Crippen molar-refractivity contribution in [2.45, 2.75) is 45.6 Å². The monoisotopic (exact) mass is 275 g/mol. The molecule has 1 saturated heterocycles. The number of aliphatic carboxylic acids is 1. The Kier molecular flexibility index (Phi) is 4.42. The van der Waals surface area contributed by atoms with Gasteiger partial charge in [0.2, 0.25) is 5.91 Å². The fourth-order valence-electron chi connectivity index (χ4n) is 2.87. The molecule has 108 valence electrons. The average Bonchev–Trinajstić information content (AvgIpc) is 2.43. The maximum absolute atomic E-state index is 12.4. The summed E-state index contributed by atoms with van der Waals surface area (Å²) in [6.07, 6.45) is 2.63. The number of carbonyl (C=O) groups is 2. The number of benzene rings is 1. The Balaban J connectivity index is 2.16. The third-order valence-electron chi connectivity index (χ3n) is 4.08. The van der Waals surface area contributed by atoms with E-state index in [1.165, 1.54) is 4.90 Å². The first-order chi connectivity index (χ1) is 9.50. The Bertz CT molecular complexity index is 504. The lowest BCUT2D eigenvalue weighted by Crippen LogP contribution is -2.48. The lowest BCUT2D eigenvalue weighted by molar-refractivity contribution is -0.151. The van der Waals surface area contributed by atoms with E-state index in [1.807, 2.05) is 32.0 Å². The van der Waals surface area contributed by atoms with Crippen LogP contribution in [0, 0.1) is 13.8 Å². The number of rotatable bonds is 3. The highest BCUT2D eigenvalue weighted by molar-refractivity contribution is 5.85. The number of carbonyl (C=O) groups excluding carboxylic acids is 1. The largest absolute Gasteiger partial charge is 0.480 e. The molecule has 1 atom stereocenters. The Hall–Kier alpha value is -1.84. The van der Waals surface area contributed by atoms with Gasteiger partial charge in [0.1, 0.15) is 6.04 Å². The molecule has 0 aliphatic carbocycles. The Morgan fingerprint density at radius 2 is 1.90 bits per heavy atom. The summed E-state index contributed by atoms with van der Waals surface area (Å²) in [6.45, 7) is 4.53. The van der Waals surface area contributed by atoms with Crippen LogP contribution in [0.1, 0.15) is 36.0 Å². The number of hydrogen-bond acceptors (Lipinski definition) is 2. The first-order valence-corrected chi connectivity index (χ1v) is 7.08. The second-order valence-electron chi connectivity index (χ2n) is 5.48. The van der Waals surface area contributed by atoms with Crippen LogP contribution in [0.3, 0.4) is 0 Å². The van der Waals surface area contributed by atoms with Crippen LogP contribution in [-0.4, -0.2) is 34.5 Å². The Morgan fingerprint density at radius 1 is 1.25 bits per heavy atom. The first kappa shape index (κ1) is 14.6. The lowest BCUT2D eigenvalue weighted by Gasteiger charge is -2.33. The molecule has 0 radical (unpaired) electrons. The van der Waals surface area contributed by atoms with Crippen LogP contribution in [0.25, 0.3) is 0 Å². The second kappa shape index (κ2) is 6.07. The van der Waals surface area contributed by atoms with E-state index in [9.17, 15) is 14.7 Å². The highest BCUT2D eigenvalue weighted by Crippen LogP contribution is 2.20. The van der Waals surface area contributed by atoms with Gasteiger partial charge in [-0.1, -0.05) is 18.2 Å². The molecule has 0 aromatic heterocycles. The third kappa shape index (κ3) is 3.00. The number of likely N-dealkylation sites (tertiary alicyclic amines) is 1. The molecule has 0 saturated carbocycles. The Morgan fingerprint density at radius 3 is 2.50 bits per heavy atom. The molecular weight excluding hydrogens is 254 g/mol. The van der Waals surface area contributed by atoms with E-state index in [0.29, 0.717) is 19.4 Å². The predicted octanol–water partition coefficient (Wildman–Crippen LogP) is 2.31. The standard InChI is InChI=1S/C16H21NO3/c1-11-6-5-7-12(2)13(11)10-15(18)17-9-4-3-8-14(17)16(19)20/h5-7,14H,3-4,8-10H2,1-2H3,(H,19,20). The molecule has 1 heterocycles. The quantitative estimate of drug-likeness (QED) is 0.921. The fraction of sp³-hybridized carbons (Fsp3) is 0.500. The molecule has 1 aromatic carbocycles. The summed E-state index contributed by atoms with van der Waals surface area (Å²) in [5, 5.41) is 9.24. The number of amides is 1. The van der Waals surface area contributed by atoms with Crippen molar-refractivity contribution in [3.8, 4) is 0 Å². The summed E-state index contributed by atoms with van der Waals surface area (Å²) in [4.78, 5) is 25.3. The van der Waals surface area contributed by atoms with Crippen LogP contribution in [-0.2, 0) is 16.0 Å². The second-order valence-corrected chi connectivity index (χ2v) is 5.48. The minimum absolute atomic E-state index is 0.0745. The molecule has 1 fully saturated rings. The van der Waals surface area contributed by atoms with Crippen LogP contribution >= 0.6 is 0 Å². The maximum Gasteiger partial charge on any atom is 0.326 e. The van der Waals surface area contributed by atoms with Gasteiger partial charge in [-0.2, -0.15) is 0 Å². The normalized spacial score (nSPS) is 18.9. The molecule has 20 heavy (non-hydrogen) atoms. The third-order valence-corrected chi connectivity index (χ3v) is 4.08. The van der Waals surface area contributed by atoms with Gasteiger partial charge in [-0.15, -0.1) is 0 Å². The lowest BCUT2D eigenvalue weighted by atomic mass is 9.97. The van der Waals surface area contributed by atoms with Crippen molar-refractivity contribution >= 4 is 11.9 Å². The van der Waals surface area contributed by atoms with Crippen molar-refractivity contribution in [1.82, 2.24) is 4.90 Å². The van der Waals surface area contributed by atoms with Gasteiger partial charge in [-0.3, -0.25) is 4.79 Å². The molecule has 0 spiro atoms. The molecule has 1 amide bonds. The number of piperidine rings is 1. The van der Waals surface area contributed by atoms with Crippen molar-refractivity contribution in [1.29, 1.82) is 0 Å². The minimum atomic E-state index is -0.889. The van der Waals surface area contributed by atoms with E-state index in [-0.39, 0.29) is 5.91 Å². The summed E-state index contributed by atoms with van der Waals surface area (Å²) in [7, 11) is 0. The van der Waals surface area contributed by atoms with Crippen LogP contribution < -0.4 is 0 Å². The Labute approximate surface area is 119 Å². The summed E-state index contributed by atoms with van der Waals surface area (Å²) in [5.74, 6) is -0.964. The van der Waals surface area contributed by atoms with E-state index in [4.69, 9.17) is 0 Å². The van der Waals surface area contributed by atoms with Crippen molar-refractivity contribution in [3.05, 3.63) is 34.9 Å². The zero-order valence-electron chi connectivity index (χ0n) is 12.1. The zero-order valence-corrected chi connectivity index (χ0v) is 12.1. The molecule has 1 N–H and O–H groups in total. The van der Waals surface area contributed by atoms with E-state index < -0.39 is 12.0 Å². The smallest absolute Gasteiger partial charge is 0.326 e.